The Morgan fingerprint density at radius 1 is 1.18 bits per heavy atom. The molecule has 0 atom stereocenters. The van der Waals surface area contributed by atoms with Gasteiger partial charge in [-0.1, -0.05) is 0 Å². The van der Waals surface area contributed by atoms with E-state index in [1.165, 1.54) is 0 Å². The third-order valence-electron chi connectivity index (χ3n) is 4.90. The first-order valence-electron chi connectivity index (χ1n) is 7.54. The highest BCUT2D eigenvalue weighted by atomic mass is 16.6. The topological polar surface area (TPSA) is 79.0 Å². The normalized spacial score (nSPS) is 26.2. The zero-order chi connectivity index (χ0) is 16.9. The minimum absolute atomic E-state index is 0.114. The SMILES string of the molecule is CCOC(=O)N1C(=O)NC2(CC(C)(C)N(C)C(C)(C)C2)C1=O. The largest absolute Gasteiger partial charge is 0.449 e. The van der Waals surface area contributed by atoms with E-state index >= 15 is 0 Å². The fourth-order valence-electron chi connectivity index (χ4n) is 3.81. The number of carbonyl (C=O) groups excluding carboxylic acids is 3. The summed E-state index contributed by atoms with van der Waals surface area (Å²) in [5.74, 6) is -0.509. The Balaban J connectivity index is 2.38. The number of urea groups is 1. The molecular formula is C15H25N3O4. The Kier molecular flexibility index (Phi) is 3.76. The van der Waals surface area contributed by atoms with Crippen LogP contribution < -0.4 is 5.32 Å². The van der Waals surface area contributed by atoms with Crippen LogP contribution in [0.3, 0.4) is 0 Å². The van der Waals surface area contributed by atoms with Gasteiger partial charge >= 0.3 is 12.1 Å². The lowest BCUT2D eigenvalue weighted by Crippen LogP contribution is -2.68. The Bertz CT molecular complexity index is 509. The van der Waals surface area contributed by atoms with Crippen LogP contribution in [-0.4, -0.2) is 58.1 Å². The molecule has 0 aromatic rings. The van der Waals surface area contributed by atoms with Gasteiger partial charge in [0.15, 0.2) is 0 Å². The molecule has 0 bridgehead atoms. The summed E-state index contributed by atoms with van der Waals surface area (Å²) in [6.07, 6.45) is -0.0164. The van der Waals surface area contributed by atoms with E-state index < -0.39 is 23.6 Å². The molecule has 7 nitrogen and oxygen atoms in total. The van der Waals surface area contributed by atoms with Crippen molar-refractivity contribution < 1.29 is 19.1 Å². The van der Waals surface area contributed by atoms with Crippen LogP contribution in [0.25, 0.3) is 0 Å². The molecule has 7 heteroatoms. The molecular weight excluding hydrogens is 286 g/mol. The molecule has 124 valence electrons. The van der Waals surface area contributed by atoms with Crippen LogP contribution >= 0.6 is 0 Å². The van der Waals surface area contributed by atoms with Crippen LogP contribution in [0.4, 0.5) is 9.59 Å². The third kappa shape index (κ3) is 2.37. The zero-order valence-electron chi connectivity index (χ0n) is 14.1. The van der Waals surface area contributed by atoms with Gasteiger partial charge in [0.25, 0.3) is 5.91 Å². The van der Waals surface area contributed by atoms with Crippen molar-refractivity contribution in [3.05, 3.63) is 0 Å². The number of rotatable bonds is 1. The summed E-state index contributed by atoms with van der Waals surface area (Å²) in [7, 11) is 2.01. The number of nitrogens with zero attached hydrogens (tertiary/aromatic N) is 2. The fraction of sp³-hybridized carbons (Fsp3) is 0.800. The van der Waals surface area contributed by atoms with E-state index in [-0.39, 0.29) is 17.7 Å². The van der Waals surface area contributed by atoms with Gasteiger partial charge in [0.1, 0.15) is 5.54 Å². The number of amides is 4. The summed E-state index contributed by atoms with van der Waals surface area (Å²) in [6.45, 7) is 9.87. The van der Waals surface area contributed by atoms with Crippen LogP contribution in [-0.2, 0) is 9.53 Å². The number of ether oxygens (including phenoxy) is 1. The summed E-state index contributed by atoms with van der Waals surface area (Å²) in [4.78, 5) is 39.7. The molecule has 0 aromatic heterocycles. The lowest BCUT2D eigenvalue weighted by molar-refractivity contribution is -0.138. The van der Waals surface area contributed by atoms with Crippen LogP contribution in [0, 0.1) is 0 Å². The molecule has 2 fully saturated rings. The van der Waals surface area contributed by atoms with Gasteiger partial charge < -0.3 is 10.1 Å². The monoisotopic (exact) mass is 311 g/mol. The summed E-state index contributed by atoms with van der Waals surface area (Å²) in [6, 6.07) is -0.695. The molecule has 4 amide bonds. The van der Waals surface area contributed by atoms with Crippen LogP contribution in [0.5, 0.6) is 0 Å². The average molecular weight is 311 g/mol. The van der Waals surface area contributed by atoms with E-state index in [1.54, 1.807) is 6.92 Å². The second kappa shape index (κ2) is 4.94. The molecule has 2 heterocycles. The predicted molar refractivity (Wildman–Crippen MR) is 80.3 cm³/mol. The first-order valence-corrected chi connectivity index (χ1v) is 7.54. The number of likely N-dealkylation sites (tertiary alicyclic amines) is 1. The van der Waals surface area contributed by atoms with Crippen molar-refractivity contribution in [2.45, 2.75) is 64.1 Å². The highest BCUT2D eigenvalue weighted by Gasteiger charge is 2.61. The number of piperidine rings is 1. The average Bonchev–Trinajstić information content (AvgIpc) is 2.57. The maximum Gasteiger partial charge on any atom is 0.425 e. The summed E-state index contributed by atoms with van der Waals surface area (Å²) < 4.78 is 4.82. The molecule has 0 saturated carbocycles. The predicted octanol–water partition coefficient (Wildman–Crippen LogP) is 1.72. The van der Waals surface area contributed by atoms with E-state index in [4.69, 9.17) is 4.74 Å². The summed E-state index contributed by atoms with van der Waals surface area (Å²) >= 11 is 0. The van der Waals surface area contributed by atoms with E-state index in [0.29, 0.717) is 17.7 Å². The standard InChI is InChI=1S/C15H25N3O4/c1-7-22-12(21)18-10(19)15(16-11(18)20)8-13(2,3)17(6)14(4,5)9-15/h7-9H2,1-6H3,(H,16,20). The van der Waals surface area contributed by atoms with Gasteiger partial charge in [-0.2, -0.15) is 4.90 Å². The van der Waals surface area contributed by atoms with Crippen molar-refractivity contribution in [3.63, 3.8) is 0 Å². The van der Waals surface area contributed by atoms with Crippen molar-refractivity contribution in [2.75, 3.05) is 13.7 Å². The maximum atomic E-state index is 12.8. The Morgan fingerprint density at radius 3 is 2.14 bits per heavy atom. The van der Waals surface area contributed by atoms with Crippen LogP contribution in [0.2, 0.25) is 0 Å². The molecule has 2 aliphatic heterocycles. The minimum atomic E-state index is -1.05. The molecule has 22 heavy (non-hydrogen) atoms. The summed E-state index contributed by atoms with van der Waals surface area (Å²) in [5.41, 5.74) is -1.64. The second-order valence-electron chi connectivity index (χ2n) is 7.39. The molecule has 1 spiro atoms. The van der Waals surface area contributed by atoms with Crippen molar-refractivity contribution in [3.8, 4) is 0 Å². The molecule has 1 N–H and O–H groups in total. The van der Waals surface area contributed by atoms with Crippen LogP contribution in [0.15, 0.2) is 0 Å². The van der Waals surface area contributed by atoms with Gasteiger partial charge in [-0.15, -0.1) is 0 Å². The highest BCUT2D eigenvalue weighted by Crippen LogP contribution is 2.44. The lowest BCUT2D eigenvalue weighted by atomic mass is 9.69. The quantitative estimate of drug-likeness (QED) is 0.746. The van der Waals surface area contributed by atoms with Crippen LogP contribution in [0.1, 0.15) is 47.5 Å². The van der Waals surface area contributed by atoms with Crippen molar-refractivity contribution >= 4 is 18.0 Å². The molecule has 2 saturated heterocycles. The van der Waals surface area contributed by atoms with E-state index in [2.05, 4.69) is 10.2 Å². The van der Waals surface area contributed by atoms with Gasteiger partial charge in [0.05, 0.1) is 6.61 Å². The highest BCUT2D eigenvalue weighted by molar-refractivity contribution is 6.17. The minimum Gasteiger partial charge on any atom is -0.449 e. The fourth-order valence-corrected chi connectivity index (χ4v) is 3.81. The first-order chi connectivity index (χ1) is 9.97. The summed E-state index contributed by atoms with van der Waals surface area (Å²) in [5, 5.41) is 2.75. The van der Waals surface area contributed by atoms with Gasteiger partial charge in [0.2, 0.25) is 0 Å². The lowest BCUT2D eigenvalue weighted by Gasteiger charge is -2.56. The third-order valence-corrected chi connectivity index (χ3v) is 4.90. The van der Waals surface area contributed by atoms with Crippen molar-refractivity contribution in [1.29, 1.82) is 0 Å². The Morgan fingerprint density at radius 2 is 1.68 bits per heavy atom. The van der Waals surface area contributed by atoms with Gasteiger partial charge in [-0.25, -0.2) is 9.59 Å². The number of hydrogen-bond acceptors (Lipinski definition) is 5. The molecule has 2 aliphatic rings. The first kappa shape index (κ1) is 16.7. The molecule has 2 rings (SSSR count). The molecule has 0 unspecified atom stereocenters. The molecule has 0 aliphatic carbocycles. The van der Waals surface area contributed by atoms with E-state index in [9.17, 15) is 14.4 Å². The van der Waals surface area contributed by atoms with E-state index in [0.717, 1.165) is 0 Å². The van der Waals surface area contributed by atoms with Crippen molar-refractivity contribution in [2.24, 2.45) is 0 Å². The van der Waals surface area contributed by atoms with Crippen molar-refractivity contribution in [1.82, 2.24) is 15.1 Å². The number of carbonyl (C=O) groups is 3. The Hall–Kier alpha value is -1.63. The molecule has 0 radical (unpaired) electrons. The van der Waals surface area contributed by atoms with Gasteiger partial charge in [0, 0.05) is 11.1 Å². The second-order valence-corrected chi connectivity index (χ2v) is 7.39. The van der Waals surface area contributed by atoms with E-state index in [1.807, 2.05) is 34.7 Å². The number of imide groups is 3. The maximum absolute atomic E-state index is 12.8. The van der Waals surface area contributed by atoms with Gasteiger partial charge in [-0.3, -0.25) is 9.69 Å². The zero-order valence-corrected chi connectivity index (χ0v) is 14.1. The van der Waals surface area contributed by atoms with Gasteiger partial charge in [-0.05, 0) is 54.5 Å². The number of hydrogen-bond donors (Lipinski definition) is 1. The smallest absolute Gasteiger partial charge is 0.425 e. The number of nitrogens with one attached hydrogen (secondary N) is 1. The molecule has 0 aromatic carbocycles. The Labute approximate surface area is 131 Å².